The van der Waals surface area contributed by atoms with Gasteiger partial charge in [0.2, 0.25) is 0 Å². The molecule has 0 unspecified atom stereocenters. The van der Waals surface area contributed by atoms with Gasteiger partial charge in [0.05, 0.1) is 17.6 Å². The number of rotatable bonds is 6. The zero-order chi connectivity index (χ0) is 18.0. The van der Waals surface area contributed by atoms with Crippen LogP contribution in [0.4, 0.5) is 0 Å². The van der Waals surface area contributed by atoms with Gasteiger partial charge in [0, 0.05) is 0 Å². The zero-order valence-electron chi connectivity index (χ0n) is 15.4. The Kier molecular flexibility index (Phi) is 4.82. The van der Waals surface area contributed by atoms with Gasteiger partial charge in [-0.3, -0.25) is 0 Å². The Hall–Kier alpha value is -2.33. The van der Waals surface area contributed by atoms with E-state index in [0.717, 1.165) is 16.8 Å². The number of benzene rings is 2. The van der Waals surface area contributed by atoms with Crippen molar-refractivity contribution in [3.8, 4) is 5.75 Å². The lowest BCUT2D eigenvalue weighted by atomic mass is 10.0. The van der Waals surface area contributed by atoms with Gasteiger partial charge in [0.25, 0.3) is 0 Å². The molecule has 25 heavy (non-hydrogen) atoms. The molecule has 0 aliphatic rings. The maximum absolute atomic E-state index is 10.4. The molecule has 0 saturated carbocycles. The summed E-state index contributed by atoms with van der Waals surface area (Å²) in [5, 5.41) is 10.4. The molecule has 4 nitrogen and oxygen atoms in total. The summed E-state index contributed by atoms with van der Waals surface area (Å²) < 4.78 is 7.94. The summed E-state index contributed by atoms with van der Waals surface area (Å²) in [4.78, 5) is 4.60. The highest BCUT2D eigenvalue weighted by Crippen LogP contribution is 2.25. The van der Waals surface area contributed by atoms with Crippen molar-refractivity contribution in [3.63, 3.8) is 0 Å². The van der Waals surface area contributed by atoms with E-state index in [1.807, 2.05) is 41.0 Å². The van der Waals surface area contributed by atoms with Crippen LogP contribution in [0.15, 0.2) is 48.5 Å². The highest BCUT2D eigenvalue weighted by Gasteiger charge is 2.24. The SMILES string of the molecule is CC(C)c1ccc(OCCn2c(C(C)(C)O)nc3ccccc32)cc1. The lowest BCUT2D eigenvalue weighted by Gasteiger charge is -2.19. The summed E-state index contributed by atoms with van der Waals surface area (Å²) in [5.74, 6) is 2.03. The summed E-state index contributed by atoms with van der Waals surface area (Å²) in [6.07, 6.45) is 0. The van der Waals surface area contributed by atoms with Gasteiger partial charge in [-0.1, -0.05) is 38.1 Å². The Labute approximate surface area is 149 Å². The van der Waals surface area contributed by atoms with E-state index >= 15 is 0 Å². The smallest absolute Gasteiger partial charge is 0.141 e. The maximum Gasteiger partial charge on any atom is 0.141 e. The predicted octanol–water partition coefficient (Wildman–Crippen LogP) is 4.47. The molecule has 132 valence electrons. The Morgan fingerprint density at radius 1 is 1.08 bits per heavy atom. The maximum atomic E-state index is 10.4. The molecule has 0 aliphatic heterocycles. The second kappa shape index (κ2) is 6.89. The van der Waals surface area contributed by atoms with Crippen LogP contribution in [0.1, 0.15) is 45.0 Å². The quantitative estimate of drug-likeness (QED) is 0.721. The average molecular weight is 338 g/mol. The van der Waals surface area contributed by atoms with Crippen LogP contribution in [-0.4, -0.2) is 21.3 Å². The van der Waals surface area contributed by atoms with Gasteiger partial charge in [-0.2, -0.15) is 0 Å². The summed E-state index contributed by atoms with van der Waals surface area (Å²) in [6, 6.07) is 16.2. The molecule has 1 heterocycles. The minimum Gasteiger partial charge on any atom is -0.492 e. The summed E-state index contributed by atoms with van der Waals surface area (Å²) in [7, 11) is 0. The van der Waals surface area contributed by atoms with E-state index in [2.05, 4.69) is 31.0 Å². The van der Waals surface area contributed by atoms with Crippen molar-refractivity contribution < 1.29 is 9.84 Å². The van der Waals surface area contributed by atoms with Crippen LogP contribution in [0.25, 0.3) is 11.0 Å². The van der Waals surface area contributed by atoms with E-state index < -0.39 is 5.60 Å². The highest BCUT2D eigenvalue weighted by atomic mass is 16.5. The first-order valence-electron chi connectivity index (χ1n) is 8.77. The Bertz CT molecular complexity index is 842. The highest BCUT2D eigenvalue weighted by molar-refractivity contribution is 5.76. The molecule has 2 aromatic carbocycles. The monoisotopic (exact) mass is 338 g/mol. The molecule has 0 spiro atoms. The first-order valence-corrected chi connectivity index (χ1v) is 8.77. The molecule has 4 heteroatoms. The van der Waals surface area contributed by atoms with Crippen molar-refractivity contribution in [3.05, 3.63) is 59.9 Å². The average Bonchev–Trinajstić information content (AvgIpc) is 2.95. The van der Waals surface area contributed by atoms with Crippen LogP contribution in [-0.2, 0) is 12.1 Å². The molecular weight excluding hydrogens is 312 g/mol. The van der Waals surface area contributed by atoms with Gasteiger partial charge in [-0.15, -0.1) is 0 Å². The van der Waals surface area contributed by atoms with Crippen molar-refractivity contribution in [2.75, 3.05) is 6.61 Å². The standard InChI is InChI=1S/C21H26N2O2/c1-15(2)16-9-11-17(12-10-16)25-14-13-23-19-8-6-5-7-18(19)22-20(23)21(3,4)24/h5-12,15,24H,13-14H2,1-4H3. The van der Waals surface area contributed by atoms with E-state index in [9.17, 15) is 5.11 Å². The third-order valence-corrected chi connectivity index (χ3v) is 4.33. The lowest BCUT2D eigenvalue weighted by Crippen LogP contribution is -2.23. The molecule has 0 fully saturated rings. The number of hydrogen-bond donors (Lipinski definition) is 1. The Balaban J connectivity index is 1.76. The van der Waals surface area contributed by atoms with Gasteiger partial charge in [0.1, 0.15) is 23.8 Å². The third kappa shape index (κ3) is 3.85. The van der Waals surface area contributed by atoms with E-state index in [1.165, 1.54) is 5.56 Å². The first-order chi connectivity index (χ1) is 11.9. The van der Waals surface area contributed by atoms with Crippen molar-refractivity contribution in [1.29, 1.82) is 0 Å². The zero-order valence-corrected chi connectivity index (χ0v) is 15.4. The fraction of sp³-hybridized carbons (Fsp3) is 0.381. The second-order valence-corrected chi connectivity index (χ2v) is 7.21. The van der Waals surface area contributed by atoms with E-state index in [0.29, 0.717) is 24.9 Å². The number of para-hydroxylation sites is 2. The van der Waals surface area contributed by atoms with Gasteiger partial charge in [0.15, 0.2) is 0 Å². The van der Waals surface area contributed by atoms with Crippen LogP contribution < -0.4 is 4.74 Å². The number of hydrogen-bond acceptors (Lipinski definition) is 3. The fourth-order valence-corrected chi connectivity index (χ4v) is 2.97. The van der Waals surface area contributed by atoms with Crippen molar-refractivity contribution in [1.82, 2.24) is 9.55 Å². The minimum absolute atomic E-state index is 0.515. The molecule has 3 rings (SSSR count). The van der Waals surface area contributed by atoms with Crippen LogP contribution in [0.2, 0.25) is 0 Å². The third-order valence-electron chi connectivity index (χ3n) is 4.33. The van der Waals surface area contributed by atoms with Gasteiger partial charge < -0.3 is 14.4 Å². The topological polar surface area (TPSA) is 47.3 Å². The lowest BCUT2D eigenvalue weighted by molar-refractivity contribution is 0.0644. The van der Waals surface area contributed by atoms with Crippen LogP contribution in [0, 0.1) is 0 Å². The normalized spacial score (nSPS) is 12.1. The molecule has 1 N–H and O–H groups in total. The number of aromatic nitrogens is 2. The largest absolute Gasteiger partial charge is 0.492 e. The van der Waals surface area contributed by atoms with E-state index in [-0.39, 0.29) is 0 Å². The molecule has 0 aliphatic carbocycles. The van der Waals surface area contributed by atoms with Gasteiger partial charge in [-0.25, -0.2) is 4.98 Å². The summed E-state index contributed by atoms with van der Waals surface area (Å²) in [5.41, 5.74) is 2.20. The fourth-order valence-electron chi connectivity index (χ4n) is 2.97. The molecule has 0 amide bonds. The van der Waals surface area contributed by atoms with Crippen LogP contribution in [0.5, 0.6) is 5.75 Å². The summed E-state index contributed by atoms with van der Waals surface area (Å²) in [6.45, 7) is 9.03. The predicted molar refractivity (Wildman–Crippen MR) is 101 cm³/mol. The molecule has 0 saturated heterocycles. The number of nitrogens with zero attached hydrogens (tertiary/aromatic N) is 2. The molecule has 3 aromatic rings. The second-order valence-electron chi connectivity index (χ2n) is 7.21. The number of fused-ring (bicyclic) bond motifs is 1. The van der Waals surface area contributed by atoms with E-state index in [1.54, 1.807) is 13.8 Å². The Morgan fingerprint density at radius 2 is 1.76 bits per heavy atom. The van der Waals surface area contributed by atoms with Crippen molar-refractivity contribution >= 4 is 11.0 Å². The minimum atomic E-state index is -1.00. The first kappa shape index (κ1) is 17.5. The van der Waals surface area contributed by atoms with Crippen molar-refractivity contribution in [2.45, 2.75) is 45.8 Å². The molecular formula is C21H26N2O2. The number of ether oxygens (including phenoxy) is 1. The van der Waals surface area contributed by atoms with Gasteiger partial charge in [-0.05, 0) is 49.6 Å². The van der Waals surface area contributed by atoms with Crippen LogP contribution >= 0.6 is 0 Å². The molecule has 0 bridgehead atoms. The summed E-state index contributed by atoms with van der Waals surface area (Å²) >= 11 is 0. The van der Waals surface area contributed by atoms with Crippen LogP contribution in [0.3, 0.4) is 0 Å². The van der Waals surface area contributed by atoms with E-state index in [4.69, 9.17) is 4.74 Å². The molecule has 1 aromatic heterocycles. The number of aliphatic hydroxyl groups is 1. The van der Waals surface area contributed by atoms with Gasteiger partial charge >= 0.3 is 0 Å². The van der Waals surface area contributed by atoms with Crippen molar-refractivity contribution in [2.24, 2.45) is 0 Å². The molecule has 0 atom stereocenters. The molecule has 0 radical (unpaired) electrons. The Morgan fingerprint density at radius 3 is 2.40 bits per heavy atom. The number of imidazole rings is 1.